The van der Waals surface area contributed by atoms with Crippen molar-refractivity contribution in [2.45, 2.75) is 54.0 Å². The second-order valence-electron chi connectivity index (χ2n) is 8.82. The van der Waals surface area contributed by atoms with E-state index in [1.54, 1.807) is 42.4 Å². The van der Waals surface area contributed by atoms with Crippen LogP contribution in [0, 0.1) is 20.8 Å². The predicted molar refractivity (Wildman–Crippen MR) is 135 cm³/mol. The quantitative estimate of drug-likeness (QED) is 0.577. The Kier molecular flexibility index (Phi) is 9.43. The molecule has 0 radical (unpaired) electrons. The minimum Gasteiger partial charge on any atom is -0.358 e. The minimum atomic E-state index is 0.0376. The van der Waals surface area contributed by atoms with Crippen LogP contribution >= 0.6 is 0 Å². The second kappa shape index (κ2) is 11.2. The molecule has 1 aromatic heterocycles. The summed E-state index contributed by atoms with van der Waals surface area (Å²) in [6.07, 6.45) is 0.589. The molecule has 188 valence electrons. The maximum absolute atomic E-state index is 11.5. The summed E-state index contributed by atoms with van der Waals surface area (Å²) < 4.78 is 1.56. The number of allylic oxidation sites excluding steroid dienone is 1. The molecule has 9 heteroatoms. The highest BCUT2D eigenvalue weighted by Crippen LogP contribution is 2.22. The van der Waals surface area contributed by atoms with Gasteiger partial charge in [-0.15, -0.1) is 0 Å². The highest BCUT2D eigenvalue weighted by molar-refractivity contribution is 5.95. The normalized spacial score (nSPS) is 18.6. The number of carbonyl (C=O) groups excluding carboxylic acids is 2. The van der Waals surface area contributed by atoms with E-state index in [-0.39, 0.29) is 23.4 Å². The maximum atomic E-state index is 11.5. The lowest BCUT2D eigenvalue weighted by atomic mass is 10.1. The standard InChI is InChI=1S/C9H14N2O.C8H14N2O.C8H12N2O/c1-6-7(2)10(4)8(3)11(5)9(6)12;1-6-5-8(11)10(4)7(2)9(6)3;1-5-6(2)9-7(3)10(4)8(5)11/h3H2,1-2,4-5H3;6H,2,5H2,1,3-4H3;1-4H3. The first-order valence-electron chi connectivity index (χ1n) is 11.1. The van der Waals surface area contributed by atoms with Gasteiger partial charge in [0.25, 0.3) is 11.5 Å². The molecule has 2 amide bonds. The molecule has 0 N–H and O–H groups in total. The zero-order valence-electron chi connectivity index (χ0n) is 22.6. The van der Waals surface area contributed by atoms with E-state index >= 15 is 0 Å². The summed E-state index contributed by atoms with van der Waals surface area (Å²) in [5.74, 6) is 2.46. The third kappa shape index (κ3) is 5.95. The molecule has 34 heavy (non-hydrogen) atoms. The van der Waals surface area contributed by atoms with E-state index in [9.17, 15) is 14.4 Å². The number of nitrogens with zero attached hydrogens (tertiary/aromatic N) is 6. The van der Waals surface area contributed by atoms with E-state index in [0.717, 1.165) is 40.0 Å². The Balaban J connectivity index is 0.000000255. The molecule has 0 bridgehead atoms. The van der Waals surface area contributed by atoms with Gasteiger partial charge in [-0.25, -0.2) is 4.98 Å². The van der Waals surface area contributed by atoms with Gasteiger partial charge in [-0.2, -0.15) is 0 Å². The number of hydrogen-bond acceptors (Lipinski definition) is 6. The summed E-state index contributed by atoms with van der Waals surface area (Å²) in [7, 11) is 9.08. The monoisotopic (exact) mass is 472 g/mol. The number of rotatable bonds is 0. The molecule has 0 spiro atoms. The molecule has 1 atom stereocenters. The molecule has 1 aromatic rings. The molecule has 2 aliphatic rings. The number of aromatic nitrogens is 2. The fraction of sp³-hybridized carbons (Fsp3) is 0.520. The van der Waals surface area contributed by atoms with E-state index in [4.69, 9.17) is 0 Å². The van der Waals surface area contributed by atoms with Crippen molar-refractivity contribution in [2.75, 3.05) is 28.2 Å². The number of hydrogen-bond donors (Lipinski definition) is 0. The summed E-state index contributed by atoms with van der Waals surface area (Å²) in [5.41, 5.74) is 3.37. The first-order chi connectivity index (χ1) is 15.5. The van der Waals surface area contributed by atoms with Crippen LogP contribution in [0.2, 0.25) is 0 Å². The first-order valence-corrected chi connectivity index (χ1v) is 11.1. The SMILES string of the molecule is C=C1N(C)C(=O)C(C)=C(C)N1C.C=C1N(C)C(=O)CC(C)N1C.Cc1nc(C)n(C)c(=O)c1C. The van der Waals surface area contributed by atoms with Crippen LogP contribution in [0.4, 0.5) is 0 Å². The number of likely N-dealkylation sites (N-methyl/N-ethyl adjacent to an activating group) is 1. The molecular formula is C25H40N6O3. The lowest BCUT2D eigenvalue weighted by molar-refractivity contribution is -0.133. The molecule has 1 unspecified atom stereocenters. The van der Waals surface area contributed by atoms with Crippen molar-refractivity contribution in [1.29, 1.82) is 0 Å². The smallest absolute Gasteiger partial charge is 0.256 e. The van der Waals surface area contributed by atoms with E-state index in [2.05, 4.69) is 18.1 Å². The van der Waals surface area contributed by atoms with Gasteiger partial charge in [0, 0.05) is 70.2 Å². The Morgan fingerprint density at radius 1 is 0.824 bits per heavy atom. The van der Waals surface area contributed by atoms with Crippen LogP contribution in [-0.2, 0) is 16.6 Å². The highest BCUT2D eigenvalue weighted by Gasteiger charge is 2.27. The predicted octanol–water partition coefficient (Wildman–Crippen LogP) is 2.50. The average molecular weight is 473 g/mol. The van der Waals surface area contributed by atoms with Crippen molar-refractivity contribution >= 4 is 11.8 Å². The largest absolute Gasteiger partial charge is 0.358 e. The van der Waals surface area contributed by atoms with Gasteiger partial charge in [0.15, 0.2) is 0 Å². The molecule has 0 saturated carbocycles. The van der Waals surface area contributed by atoms with Crippen LogP contribution in [0.25, 0.3) is 0 Å². The highest BCUT2D eigenvalue weighted by atomic mass is 16.2. The van der Waals surface area contributed by atoms with Crippen molar-refractivity contribution < 1.29 is 9.59 Å². The van der Waals surface area contributed by atoms with Crippen LogP contribution < -0.4 is 5.56 Å². The Morgan fingerprint density at radius 3 is 1.88 bits per heavy atom. The minimum absolute atomic E-state index is 0.0376. The van der Waals surface area contributed by atoms with Crippen LogP contribution in [0.1, 0.15) is 44.3 Å². The topological polar surface area (TPSA) is 82.0 Å². The summed E-state index contributed by atoms with van der Waals surface area (Å²) in [6.45, 7) is 18.9. The molecule has 3 rings (SSSR count). The fourth-order valence-corrected chi connectivity index (χ4v) is 3.31. The molecule has 0 aliphatic carbocycles. The van der Waals surface area contributed by atoms with Gasteiger partial charge in [-0.3, -0.25) is 23.9 Å². The van der Waals surface area contributed by atoms with Crippen LogP contribution in [0.3, 0.4) is 0 Å². The van der Waals surface area contributed by atoms with E-state index < -0.39 is 0 Å². The molecule has 1 saturated heterocycles. The van der Waals surface area contributed by atoms with Crippen molar-refractivity contribution in [3.63, 3.8) is 0 Å². The molecule has 9 nitrogen and oxygen atoms in total. The van der Waals surface area contributed by atoms with Gasteiger partial charge in [-0.05, 0) is 41.5 Å². The maximum Gasteiger partial charge on any atom is 0.256 e. The number of amides is 2. The van der Waals surface area contributed by atoms with E-state index in [0.29, 0.717) is 6.42 Å². The fourth-order valence-electron chi connectivity index (χ4n) is 3.31. The van der Waals surface area contributed by atoms with Crippen molar-refractivity contribution in [3.05, 3.63) is 63.5 Å². The van der Waals surface area contributed by atoms with Crippen LogP contribution in [-0.4, -0.2) is 75.2 Å². The van der Waals surface area contributed by atoms with Crippen LogP contribution in [0.5, 0.6) is 0 Å². The molecular weight excluding hydrogens is 432 g/mol. The molecule has 2 aliphatic heterocycles. The molecule has 3 heterocycles. The number of aryl methyl sites for hydroxylation is 2. The van der Waals surface area contributed by atoms with E-state index in [1.165, 1.54) is 0 Å². The van der Waals surface area contributed by atoms with Gasteiger partial charge in [0.1, 0.15) is 17.5 Å². The molecule has 1 fully saturated rings. The Bertz CT molecular complexity index is 1060. The van der Waals surface area contributed by atoms with Gasteiger partial charge < -0.3 is 14.7 Å². The molecule has 0 aromatic carbocycles. The van der Waals surface area contributed by atoms with Gasteiger partial charge in [0.2, 0.25) is 5.91 Å². The zero-order chi connectivity index (χ0) is 26.7. The van der Waals surface area contributed by atoms with Crippen LogP contribution in [0.15, 0.2) is 40.9 Å². The van der Waals surface area contributed by atoms with Crippen molar-refractivity contribution in [1.82, 2.24) is 29.2 Å². The zero-order valence-corrected chi connectivity index (χ0v) is 22.6. The first kappa shape index (κ1) is 28.7. The van der Waals surface area contributed by atoms with Gasteiger partial charge >= 0.3 is 0 Å². The third-order valence-electron chi connectivity index (χ3n) is 6.73. The third-order valence-corrected chi connectivity index (χ3v) is 6.73. The van der Waals surface area contributed by atoms with Gasteiger partial charge in [-0.1, -0.05) is 13.2 Å². The van der Waals surface area contributed by atoms with Gasteiger partial charge in [0.05, 0.1) is 0 Å². The summed E-state index contributed by atoms with van der Waals surface area (Å²) in [5, 5.41) is 0. The Morgan fingerprint density at radius 2 is 1.35 bits per heavy atom. The average Bonchev–Trinajstić information content (AvgIpc) is 2.80. The van der Waals surface area contributed by atoms with Crippen molar-refractivity contribution in [2.24, 2.45) is 7.05 Å². The Labute approximate surface area is 203 Å². The lowest BCUT2D eigenvalue weighted by Crippen LogP contribution is -2.46. The Hall–Kier alpha value is -3.36. The summed E-state index contributed by atoms with van der Waals surface area (Å²) in [6, 6.07) is 0.284. The number of carbonyl (C=O) groups is 2. The summed E-state index contributed by atoms with van der Waals surface area (Å²) in [4.78, 5) is 45.3. The lowest BCUT2D eigenvalue weighted by Gasteiger charge is -2.38. The van der Waals surface area contributed by atoms with E-state index in [1.807, 2.05) is 58.5 Å². The second-order valence-corrected chi connectivity index (χ2v) is 8.82. The van der Waals surface area contributed by atoms with Crippen molar-refractivity contribution in [3.8, 4) is 0 Å². The summed E-state index contributed by atoms with van der Waals surface area (Å²) >= 11 is 0.